The fourth-order valence-electron chi connectivity index (χ4n) is 2.09. The molecule has 1 aliphatic rings. The smallest absolute Gasteiger partial charge is 0.463 e. The topological polar surface area (TPSA) is 66.4 Å². The average Bonchev–Trinajstić information content (AvgIpc) is 2.34. The number of nitrogens with one attached hydrogen (secondary N) is 1. The maximum atomic E-state index is 12.6. The monoisotopic (exact) mass is 303 g/mol. The molecule has 0 spiro atoms. The van der Waals surface area contributed by atoms with Gasteiger partial charge < -0.3 is 10.4 Å². The van der Waals surface area contributed by atoms with E-state index in [-0.39, 0.29) is 12.5 Å². The van der Waals surface area contributed by atoms with E-state index in [2.05, 4.69) is 0 Å². The van der Waals surface area contributed by atoms with Crippen molar-refractivity contribution < 1.29 is 36.6 Å². The molecule has 1 amide bonds. The number of halogens is 5. The standard InChI is InChI=1S/C11H14F5NO3/c12-10(13,11(14,15)16)9(20)17-5-6-1-3-7(4-2-6)8(18)19/h6-7H,1-5H2,(H,17,20)(H,18,19). The molecule has 116 valence electrons. The van der Waals surface area contributed by atoms with E-state index in [1.165, 1.54) is 0 Å². The summed E-state index contributed by atoms with van der Waals surface area (Å²) in [6.45, 7) is -0.309. The van der Waals surface area contributed by atoms with Crippen molar-refractivity contribution in [2.24, 2.45) is 11.8 Å². The van der Waals surface area contributed by atoms with Gasteiger partial charge >= 0.3 is 18.1 Å². The number of carboxylic acids is 1. The first kappa shape index (κ1) is 16.6. The number of aliphatic carboxylic acids is 1. The molecule has 2 N–H and O–H groups in total. The van der Waals surface area contributed by atoms with Crippen LogP contribution in [0.4, 0.5) is 22.0 Å². The quantitative estimate of drug-likeness (QED) is 0.782. The summed E-state index contributed by atoms with van der Waals surface area (Å²) in [6, 6.07) is 0. The van der Waals surface area contributed by atoms with Crippen molar-refractivity contribution in [3.8, 4) is 0 Å². The summed E-state index contributed by atoms with van der Waals surface area (Å²) in [4.78, 5) is 21.5. The Hall–Kier alpha value is -1.41. The lowest BCUT2D eigenvalue weighted by Gasteiger charge is -2.27. The Balaban J connectivity index is 2.42. The van der Waals surface area contributed by atoms with Crippen molar-refractivity contribution in [1.82, 2.24) is 5.32 Å². The molecule has 0 aromatic carbocycles. The van der Waals surface area contributed by atoms with E-state index in [0.717, 1.165) is 0 Å². The van der Waals surface area contributed by atoms with Gasteiger partial charge in [-0.2, -0.15) is 22.0 Å². The molecule has 9 heteroatoms. The minimum atomic E-state index is -5.92. The first-order chi connectivity index (χ1) is 9.05. The Morgan fingerprint density at radius 1 is 1.05 bits per heavy atom. The van der Waals surface area contributed by atoms with Crippen molar-refractivity contribution in [2.45, 2.75) is 37.8 Å². The van der Waals surface area contributed by atoms with Crippen molar-refractivity contribution in [3.05, 3.63) is 0 Å². The highest BCUT2D eigenvalue weighted by Crippen LogP contribution is 2.35. The number of carbonyl (C=O) groups excluding carboxylic acids is 1. The molecule has 0 atom stereocenters. The lowest BCUT2D eigenvalue weighted by Crippen LogP contribution is -2.51. The summed E-state index contributed by atoms with van der Waals surface area (Å²) in [7, 11) is 0. The van der Waals surface area contributed by atoms with E-state index in [0.29, 0.717) is 25.7 Å². The minimum Gasteiger partial charge on any atom is -0.481 e. The van der Waals surface area contributed by atoms with Crippen molar-refractivity contribution in [2.75, 3.05) is 6.54 Å². The molecule has 0 aliphatic heterocycles. The SMILES string of the molecule is O=C(O)C1CCC(CNC(=O)C(F)(F)C(F)(F)F)CC1. The molecule has 0 bridgehead atoms. The first-order valence-electron chi connectivity index (χ1n) is 6.01. The number of amides is 1. The normalized spacial score (nSPS) is 24.2. The maximum absolute atomic E-state index is 12.6. The van der Waals surface area contributed by atoms with Crippen LogP contribution in [0.5, 0.6) is 0 Å². The molecule has 1 rings (SSSR count). The third-order valence-corrected chi connectivity index (χ3v) is 3.39. The number of carboxylic acid groups (broad SMARTS) is 1. The molecule has 1 fully saturated rings. The number of rotatable bonds is 4. The molecule has 4 nitrogen and oxygen atoms in total. The van der Waals surface area contributed by atoms with Gasteiger partial charge in [0.25, 0.3) is 5.91 Å². The Kier molecular flexibility index (Phi) is 4.93. The maximum Gasteiger partial charge on any atom is 0.463 e. The lowest BCUT2D eigenvalue weighted by molar-refractivity contribution is -0.269. The zero-order valence-electron chi connectivity index (χ0n) is 10.3. The van der Waals surface area contributed by atoms with Gasteiger partial charge in [0.2, 0.25) is 0 Å². The number of carbonyl (C=O) groups is 2. The Morgan fingerprint density at radius 2 is 1.55 bits per heavy atom. The molecular weight excluding hydrogens is 289 g/mol. The zero-order valence-corrected chi connectivity index (χ0v) is 10.3. The Morgan fingerprint density at radius 3 is 1.95 bits per heavy atom. The molecule has 1 aliphatic carbocycles. The van der Waals surface area contributed by atoms with E-state index >= 15 is 0 Å². The molecule has 20 heavy (non-hydrogen) atoms. The lowest BCUT2D eigenvalue weighted by atomic mass is 9.82. The summed E-state index contributed by atoms with van der Waals surface area (Å²) in [5.41, 5.74) is 0. The second-order valence-corrected chi connectivity index (χ2v) is 4.84. The number of alkyl halides is 5. The summed E-state index contributed by atoms with van der Waals surface area (Å²) < 4.78 is 61.0. The second-order valence-electron chi connectivity index (χ2n) is 4.84. The highest BCUT2D eigenvalue weighted by Gasteiger charge is 2.63. The summed E-state index contributed by atoms with van der Waals surface area (Å²) in [5.74, 6) is -9.52. The zero-order chi connectivity index (χ0) is 15.6. The summed E-state index contributed by atoms with van der Waals surface area (Å²) in [6.07, 6.45) is -4.53. The van der Waals surface area contributed by atoms with Gasteiger partial charge in [0.05, 0.1) is 5.92 Å². The average molecular weight is 303 g/mol. The third kappa shape index (κ3) is 3.80. The van der Waals surface area contributed by atoms with E-state index in [1.54, 1.807) is 5.32 Å². The molecule has 0 aromatic heterocycles. The fourth-order valence-corrected chi connectivity index (χ4v) is 2.09. The van der Waals surface area contributed by atoms with Crippen LogP contribution >= 0.6 is 0 Å². The van der Waals surface area contributed by atoms with Crippen LogP contribution in [0, 0.1) is 11.8 Å². The predicted octanol–water partition coefficient (Wildman–Crippen LogP) is 2.19. The van der Waals surface area contributed by atoms with Gasteiger partial charge in [0.15, 0.2) is 0 Å². The van der Waals surface area contributed by atoms with Crippen LogP contribution in [0.15, 0.2) is 0 Å². The van der Waals surface area contributed by atoms with Gasteiger partial charge in [-0.1, -0.05) is 0 Å². The highest BCUT2D eigenvalue weighted by atomic mass is 19.4. The summed E-state index contributed by atoms with van der Waals surface area (Å²) in [5, 5.41) is 10.3. The van der Waals surface area contributed by atoms with E-state index < -0.39 is 29.9 Å². The summed E-state index contributed by atoms with van der Waals surface area (Å²) >= 11 is 0. The Bertz CT molecular complexity index is 375. The molecule has 1 saturated carbocycles. The molecule has 0 radical (unpaired) electrons. The van der Waals surface area contributed by atoms with Crippen LogP contribution in [-0.4, -0.2) is 35.6 Å². The fraction of sp³-hybridized carbons (Fsp3) is 0.818. The van der Waals surface area contributed by atoms with Crippen LogP contribution in [0.25, 0.3) is 0 Å². The van der Waals surface area contributed by atoms with Gasteiger partial charge in [-0.25, -0.2) is 0 Å². The Labute approximate surface area is 111 Å². The van der Waals surface area contributed by atoms with E-state index in [4.69, 9.17) is 5.11 Å². The van der Waals surface area contributed by atoms with Crippen molar-refractivity contribution >= 4 is 11.9 Å². The molecule has 0 unspecified atom stereocenters. The van der Waals surface area contributed by atoms with E-state index in [9.17, 15) is 31.5 Å². The number of hydrogen-bond donors (Lipinski definition) is 2. The van der Waals surface area contributed by atoms with Gasteiger partial charge in [-0.05, 0) is 31.6 Å². The van der Waals surface area contributed by atoms with Gasteiger partial charge in [0.1, 0.15) is 0 Å². The van der Waals surface area contributed by atoms with Gasteiger partial charge in [-0.15, -0.1) is 0 Å². The van der Waals surface area contributed by atoms with Crippen LogP contribution < -0.4 is 5.32 Å². The van der Waals surface area contributed by atoms with Crippen LogP contribution in [0.3, 0.4) is 0 Å². The van der Waals surface area contributed by atoms with E-state index in [1.807, 2.05) is 0 Å². The van der Waals surface area contributed by atoms with Crippen LogP contribution in [-0.2, 0) is 9.59 Å². The highest BCUT2D eigenvalue weighted by molar-refractivity contribution is 5.84. The van der Waals surface area contributed by atoms with Gasteiger partial charge in [-0.3, -0.25) is 9.59 Å². The van der Waals surface area contributed by atoms with Crippen LogP contribution in [0.2, 0.25) is 0 Å². The first-order valence-corrected chi connectivity index (χ1v) is 6.01. The third-order valence-electron chi connectivity index (χ3n) is 3.39. The molecule has 0 aromatic rings. The molecule has 0 heterocycles. The van der Waals surface area contributed by atoms with Crippen molar-refractivity contribution in [1.29, 1.82) is 0 Å². The second kappa shape index (κ2) is 5.92. The van der Waals surface area contributed by atoms with Gasteiger partial charge in [0, 0.05) is 6.54 Å². The largest absolute Gasteiger partial charge is 0.481 e. The molecular formula is C11H14F5NO3. The van der Waals surface area contributed by atoms with Crippen molar-refractivity contribution in [3.63, 3.8) is 0 Å². The minimum absolute atomic E-state index is 0.279. The predicted molar refractivity (Wildman–Crippen MR) is 57.1 cm³/mol. The van der Waals surface area contributed by atoms with Crippen LogP contribution in [0.1, 0.15) is 25.7 Å². The number of hydrogen-bond acceptors (Lipinski definition) is 2. The molecule has 0 saturated heterocycles.